The number of rotatable bonds is 3. The van der Waals surface area contributed by atoms with Crippen LogP contribution in [-0.2, 0) is 0 Å². The Labute approximate surface area is 139 Å². The number of carbonyl (C=O) groups is 1. The molecule has 0 aliphatic rings. The highest BCUT2D eigenvalue weighted by atomic mass is 79.9. The van der Waals surface area contributed by atoms with Gasteiger partial charge in [-0.1, -0.05) is 27.5 Å². The largest absolute Gasteiger partial charge is 0.321 e. The molecule has 1 N–H and O–H groups in total. The second kappa shape index (κ2) is 6.25. The molecule has 6 nitrogen and oxygen atoms in total. The zero-order chi connectivity index (χ0) is 15.5. The minimum atomic E-state index is -0.247. The molecule has 8 heteroatoms. The summed E-state index contributed by atoms with van der Waals surface area (Å²) in [6.07, 6.45) is 1.46. The highest BCUT2D eigenvalue weighted by Crippen LogP contribution is 2.25. The summed E-state index contributed by atoms with van der Waals surface area (Å²) in [4.78, 5) is 12.2. The van der Waals surface area contributed by atoms with Gasteiger partial charge in [0, 0.05) is 10.0 Å². The molecule has 22 heavy (non-hydrogen) atoms. The Hall–Kier alpha value is -2.25. The van der Waals surface area contributed by atoms with Gasteiger partial charge in [-0.15, -0.1) is 5.10 Å². The van der Waals surface area contributed by atoms with Gasteiger partial charge < -0.3 is 5.32 Å². The van der Waals surface area contributed by atoms with Crippen molar-refractivity contribution in [1.82, 2.24) is 20.2 Å². The molecule has 0 unspecified atom stereocenters. The van der Waals surface area contributed by atoms with Crippen molar-refractivity contribution in [1.29, 1.82) is 0 Å². The molecule has 0 spiro atoms. The first-order valence-corrected chi connectivity index (χ1v) is 7.40. The molecule has 0 radical (unpaired) electrons. The minimum Gasteiger partial charge on any atom is -0.321 e. The van der Waals surface area contributed by atoms with Crippen molar-refractivity contribution in [2.45, 2.75) is 0 Å². The molecule has 0 bridgehead atoms. The first kappa shape index (κ1) is 14.7. The number of benzene rings is 2. The van der Waals surface area contributed by atoms with Crippen molar-refractivity contribution < 1.29 is 4.79 Å². The van der Waals surface area contributed by atoms with Crippen LogP contribution in [0.5, 0.6) is 0 Å². The lowest BCUT2D eigenvalue weighted by Crippen LogP contribution is -2.12. The van der Waals surface area contributed by atoms with Gasteiger partial charge in [-0.25, -0.2) is 4.68 Å². The van der Waals surface area contributed by atoms with E-state index in [0.29, 0.717) is 22.0 Å². The number of halogens is 2. The predicted octanol–water partition coefficient (Wildman–Crippen LogP) is 3.33. The first-order valence-electron chi connectivity index (χ1n) is 6.23. The van der Waals surface area contributed by atoms with Crippen LogP contribution in [0.25, 0.3) is 5.69 Å². The molecule has 3 rings (SSSR count). The van der Waals surface area contributed by atoms with Gasteiger partial charge in [0.05, 0.1) is 16.4 Å². The maximum atomic E-state index is 12.2. The van der Waals surface area contributed by atoms with E-state index in [-0.39, 0.29) is 5.91 Å². The van der Waals surface area contributed by atoms with E-state index in [4.69, 9.17) is 11.6 Å². The number of carbonyl (C=O) groups excluding carboxylic acids is 1. The summed E-state index contributed by atoms with van der Waals surface area (Å²) in [7, 11) is 0. The first-order chi connectivity index (χ1) is 10.6. The van der Waals surface area contributed by atoms with E-state index >= 15 is 0 Å². The Morgan fingerprint density at radius 3 is 2.64 bits per heavy atom. The van der Waals surface area contributed by atoms with Crippen LogP contribution in [0.3, 0.4) is 0 Å². The molecule has 2 aromatic carbocycles. The molecule has 0 saturated heterocycles. The standard InChI is InChI=1S/C14H9BrClN5O/c15-10-3-1-9(2-4-10)14(22)18-13-7-11(5-6-12(13)16)21-8-17-19-20-21/h1-8H,(H,18,22). The van der Waals surface area contributed by atoms with Crippen molar-refractivity contribution in [3.63, 3.8) is 0 Å². The summed E-state index contributed by atoms with van der Waals surface area (Å²) >= 11 is 9.46. The number of nitrogens with one attached hydrogen (secondary N) is 1. The van der Waals surface area contributed by atoms with Crippen LogP contribution in [0, 0.1) is 0 Å². The Morgan fingerprint density at radius 1 is 1.18 bits per heavy atom. The highest BCUT2D eigenvalue weighted by Gasteiger charge is 2.10. The Bertz CT molecular complexity index is 805. The van der Waals surface area contributed by atoms with Gasteiger partial charge in [0.25, 0.3) is 5.91 Å². The summed E-state index contributed by atoms with van der Waals surface area (Å²) in [5.41, 5.74) is 1.72. The molecule has 0 aliphatic carbocycles. The van der Waals surface area contributed by atoms with Crippen LogP contribution in [0.1, 0.15) is 10.4 Å². The van der Waals surface area contributed by atoms with Gasteiger partial charge >= 0.3 is 0 Å². The zero-order valence-corrected chi connectivity index (χ0v) is 13.4. The lowest BCUT2D eigenvalue weighted by atomic mass is 10.2. The lowest BCUT2D eigenvalue weighted by molar-refractivity contribution is 0.102. The lowest BCUT2D eigenvalue weighted by Gasteiger charge is -2.09. The van der Waals surface area contributed by atoms with Crippen molar-refractivity contribution in [3.8, 4) is 5.69 Å². The number of hydrogen-bond acceptors (Lipinski definition) is 4. The van der Waals surface area contributed by atoms with E-state index in [2.05, 4.69) is 36.8 Å². The maximum Gasteiger partial charge on any atom is 0.255 e. The van der Waals surface area contributed by atoms with Crippen LogP contribution >= 0.6 is 27.5 Å². The smallest absolute Gasteiger partial charge is 0.255 e. The van der Waals surface area contributed by atoms with E-state index in [1.807, 2.05) is 0 Å². The number of amides is 1. The van der Waals surface area contributed by atoms with Crippen molar-refractivity contribution in [3.05, 3.63) is 63.9 Å². The highest BCUT2D eigenvalue weighted by molar-refractivity contribution is 9.10. The molecule has 0 saturated carbocycles. The van der Waals surface area contributed by atoms with Gasteiger partial charge in [-0.05, 0) is 52.9 Å². The van der Waals surface area contributed by atoms with E-state index in [1.54, 1.807) is 42.5 Å². The van der Waals surface area contributed by atoms with Gasteiger partial charge in [-0.2, -0.15) is 0 Å². The average molecular weight is 379 g/mol. The predicted molar refractivity (Wildman–Crippen MR) is 86.3 cm³/mol. The average Bonchev–Trinajstić information content (AvgIpc) is 3.04. The number of anilines is 1. The molecule has 0 aliphatic heterocycles. The summed E-state index contributed by atoms with van der Waals surface area (Å²) in [6.45, 7) is 0. The number of aromatic nitrogens is 4. The molecule has 0 fully saturated rings. The van der Waals surface area contributed by atoms with Crippen molar-refractivity contribution in [2.75, 3.05) is 5.32 Å². The van der Waals surface area contributed by atoms with Gasteiger partial charge in [0.15, 0.2) is 0 Å². The maximum absolute atomic E-state index is 12.2. The summed E-state index contributed by atoms with van der Waals surface area (Å²) < 4.78 is 2.38. The Kier molecular flexibility index (Phi) is 4.17. The molecular formula is C14H9BrClN5O. The third-order valence-corrected chi connectivity index (χ3v) is 3.78. The minimum absolute atomic E-state index is 0.247. The number of nitrogens with zero attached hydrogens (tertiary/aromatic N) is 4. The normalized spacial score (nSPS) is 10.5. The van der Waals surface area contributed by atoms with E-state index in [0.717, 1.165) is 4.47 Å². The summed E-state index contributed by atoms with van der Waals surface area (Å²) in [5.74, 6) is -0.247. The Balaban J connectivity index is 1.87. The monoisotopic (exact) mass is 377 g/mol. The third-order valence-electron chi connectivity index (χ3n) is 2.92. The van der Waals surface area contributed by atoms with Gasteiger partial charge in [0.1, 0.15) is 6.33 Å². The fourth-order valence-electron chi connectivity index (χ4n) is 1.83. The fraction of sp³-hybridized carbons (Fsp3) is 0. The summed E-state index contributed by atoms with van der Waals surface area (Å²) in [5, 5.41) is 14.2. The van der Waals surface area contributed by atoms with E-state index in [1.165, 1.54) is 11.0 Å². The molecule has 1 aromatic heterocycles. The second-order valence-electron chi connectivity index (χ2n) is 4.38. The quantitative estimate of drug-likeness (QED) is 0.759. The van der Waals surface area contributed by atoms with Crippen LogP contribution < -0.4 is 5.32 Å². The van der Waals surface area contributed by atoms with Gasteiger partial charge in [-0.3, -0.25) is 4.79 Å². The van der Waals surface area contributed by atoms with E-state index < -0.39 is 0 Å². The van der Waals surface area contributed by atoms with E-state index in [9.17, 15) is 4.79 Å². The van der Waals surface area contributed by atoms with Crippen LogP contribution in [0.2, 0.25) is 5.02 Å². The number of tetrazole rings is 1. The fourth-order valence-corrected chi connectivity index (χ4v) is 2.26. The third kappa shape index (κ3) is 3.15. The molecule has 3 aromatic rings. The van der Waals surface area contributed by atoms with Crippen LogP contribution in [0.15, 0.2) is 53.3 Å². The molecule has 1 heterocycles. The summed E-state index contributed by atoms with van der Waals surface area (Å²) in [6, 6.07) is 12.2. The SMILES string of the molecule is O=C(Nc1cc(-n2cnnn2)ccc1Cl)c1ccc(Br)cc1. The Morgan fingerprint density at radius 2 is 1.95 bits per heavy atom. The molecular weight excluding hydrogens is 370 g/mol. The van der Waals surface area contributed by atoms with Crippen molar-refractivity contribution >= 4 is 39.1 Å². The van der Waals surface area contributed by atoms with Crippen LogP contribution in [-0.4, -0.2) is 26.1 Å². The van der Waals surface area contributed by atoms with Crippen molar-refractivity contribution in [2.24, 2.45) is 0 Å². The van der Waals surface area contributed by atoms with Crippen LogP contribution in [0.4, 0.5) is 5.69 Å². The molecule has 110 valence electrons. The molecule has 0 atom stereocenters. The topological polar surface area (TPSA) is 72.7 Å². The van der Waals surface area contributed by atoms with Gasteiger partial charge in [0.2, 0.25) is 0 Å². The molecule has 1 amide bonds. The second-order valence-corrected chi connectivity index (χ2v) is 5.70. The zero-order valence-electron chi connectivity index (χ0n) is 11.1. The number of hydrogen-bond donors (Lipinski definition) is 1.